The van der Waals surface area contributed by atoms with Crippen LogP contribution in [0.4, 0.5) is 0 Å². The maximum absolute atomic E-state index is 11.2. The summed E-state index contributed by atoms with van der Waals surface area (Å²) >= 11 is 0. The average Bonchev–Trinajstić information content (AvgIpc) is 3.10. The van der Waals surface area contributed by atoms with E-state index < -0.39 is 5.97 Å². The zero-order valence-electron chi connectivity index (χ0n) is 16.7. The molecule has 3 aromatic rings. The van der Waals surface area contributed by atoms with Gasteiger partial charge in [-0.3, -0.25) is 0 Å². The third-order valence-electron chi connectivity index (χ3n) is 4.54. The third-order valence-corrected chi connectivity index (χ3v) is 4.54. The molecule has 5 heteroatoms. The first-order chi connectivity index (χ1) is 14.1. The van der Waals surface area contributed by atoms with Gasteiger partial charge in [0.05, 0.1) is 13.2 Å². The lowest BCUT2D eigenvalue weighted by Gasteiger charge is -2.13. The van der Waals surface area contributed by atoms with Gasteiger partial charge >= 0.3 is 5.97 Å². The van der Waals surface area contributed by atoms with Crippen molar-refractivity contribution in [1.29, 1.82) is 0 Å². The van der Waals surface area contributed by atoms with Gasteiger partial charge in [-0.15, -0.1) is 0 Å². The number of ether oxygens (including phenoxy) is 2. The largest absolute Gasteiger partial charge is 0.492 e. The van der Waals surface area contributed by atoms with Gasteiger partial charge in [-0.05, 0) is 55.3 Å². The molecular weight excluding hydrogens is 366 g/mol. The fraction of sp³-hybridized carbons (Fsp3) is 0.208. The van der Waals surface area contributed by atoms with Gasteiger partial charge in [-0.2, -0.15) is 0 Å². The number of aliphatic carboxylic acids is 1. The van der Waals surface area contributed by atoms with E-state index >= 15 is 0 Å². The predicted molar refractivity (Wildman–Crippen MR) is 114 cm³/mol. The number of carboxylic acids is 1. The van der Waals surface area contributed by atoms with Gasteiger partial charge in [0, 0.05) is 11.4 Å². The van der Waals surface area contributed by atoms with Crippen LogP contribution in [-0.2, 0) is 16.1 Å². The van der Waals surface area contributed by atoms with Crippen LogP contribution in [0.2, 0.25) is 0 Å². The number of hydrogen-bond acceptors (Lipinski definition) is 3. The quantitative estimate of drug-likeness (QED) is 0.412. The number of carboxylic acid groups (broad SMARTS) is 1. The van der Waals surface area contributed by atoms with E-state index in [-0.39, 0.29) is 5.76 Å². The van der Waals surface area contributed by atoms with Crippen molar-refractivity contribution < 1.29 is 19.4 Å². The van der Waals surface area contributed by atoms with Gasteiger partial charge in [0.1, 0.15) is 12.4 Å². The first-order valence-corrected chi connectivity index (χ1v) is 9.60. The Morgan fingerprint density at radius 3 is 2.41 bits per heavy atom. The number of nitrogens with zero attached hydrogens (tertiary/aromatic N) is 1. The van der Waals surface area contributed by atoms with Crippen LogP contribution in [0.1, 0.15) is 18.2 Å². The van der Waals surface area contributed by atoms with Crippen molar-refractivity contribution in [2.45, 2.75) is 20.4 Å². The van der Waals surface area contributed by atoms with Gasteiger partial charge in [0.25, 0.3) is 0 Å². The minimum Gasteiger partial charge on any atom is -0.492 e. The van der Waals surface area contributed by atoms with E-state index in [1.165, 1.54) is 23.0 Å². The monoisotopic (exact) mass is 391 g/mol. The number of benzene rings is 2. The molecule has 2 aromatic carbocycles. The van der Waals surface area contributed by atoms with Gasteiger partial charge in [0.15, 0.2) is 0 Å². The second-order valence-electron chi connectivity index (χ2n) is 6.54. The molecule has 0 aliphatic rings. The van der Waals surface area contributed by atoms with Gasteiger partial charge < -0.3 is 19.1 Å². The molecule has 1 aromatic heterocycles. The van der Waals surface area contributed by atoms with Crippen molar-refractivity contribution in [3.63, 3.8) is 0 Å². The molecule has 0 saturated carbocycles. The second kappa shape index (κ2) is 9.64. The van der Waals surface area contributed by atoms with Crippen LogP contribution >= 0.6 is 0 Å². The number of aryl methyl sites for hydroxylation is 1. The first-order valence-electron chi connectivity index (χ1n) is 9.60. The summed E-state index contributed by atoms with van der Waals surface area (Å²) in [5.41, 5.74) is 4.28. The number of rotatable bonds is 9. The molecule has 5 nitrogen and oxygen atoms in total. The minimum atomic E-state index is -1.08. The predicted octanol–water partition coefficient (Wildman–Crippen LogP) is 5.00. The van der Waals surface area contributed by atoms with Crippen molar-refractivity contribution in [3.8, 4) is 17.0 Å². The third kappa shape index (κ3) is 5.29. The fourth-order valence-corrected chi connectivity index (χ4v) is 3.11. The van der Waals surface area contributed by atoms with E-state index in [1.54, 1.807) is 6.92 Å². The Balaban J connectivity index is 1.63. The Bertz CT molecular complexity index is 972. The average molecular weight is 391 g/mol. The summed E-state index contributed by atoms with van der Waals surface area (Å²) in [6.45, 7) is 5.42. The Morgan fingerprint density at radius 2 is 1.76 bits per heavy atom. The Hall–Kier alpha value is -3.47. The minimum absolute atomic E-state index is 0.0716. The van der Waals surface area contributed by atoms with Gasteiger partial charge in [-0.1, -0.05) is 42.5 Å². The molecule has 0 radical (unpaired) electrons. The molecule has 0 fully saturated rings. The van der Waals surface area contributed by atoms with Crippen LogP contribution in [0.5, 0.6) is 5.75 Å². The standard InChI is InChI=1S/C24H25NO4/c1-3-28-23(24(26)27)17-19-10-12-21(13-11-19)29-16-15-25-18(2)9-14-22(25)20-7-5-4-6-8-20/h4-14,17H,3,15-16H2,1-2H3,(H,26,27)/b23-17+. The lowest BCUT2D eigenvalue weighted by Crippen LogP contribution is -2.10. The lowest BCUT2D eigenvalue weighted by atomic mass is 10.1. The van der Waals surface area contributed by atoms with Crippen LogP contribution in [0.25, 0.3) is 17.3 Å². The summed E-state index contributed by atoms with van der Waals surface area (Å²) in [4.78, 5) is 11.2. The highest BCUT2D eigenvalue weighted by Gasteiger charge is 2.09. The van der Waals surface area contributed by atoms with E-state index in [0.717, 1.165) is 17.9 Å². The summed E-state index contributed by atoms with van der Waals surface area (Å²) in [6, 6.07) is 21.8. The summed E-state index contributed by atoms with van der Waals surface area (Å²) in [7, 11) is 0. The van der Waals surface area contributed by atoms with Gasteiger partial charge in [0.2, 0.25) is 5.76 Å². The SMILES string of the molecule is CCO/C(=C/c1ccc(OCCn2c(C)ccc2-c2ccccc2)cc1)C(=O)O. The zero-order valence-corrected chi connectivity index (χ0v) is 16.7. The van der Waals surface area contributed by atoms with E-state index in [9.17, 15) is 4.79 Å². The normalized spacial score (nSPS) is 11.3. The molecular formula is C24H25NO4. The smallest absolute Gasteiger partial charge is 0.371 e. The molecule has 0 saturated heterocycles. The van der Waals surface area contributed by atoms with E-state index in [0.29, 0.717) is 13.2 Å². The molecule has 1 heterocycles. The summed E-state index contributed by atoms with van der Waals surface area (Å²) in [5, 5.41) is 9.13. The van der Waals surface area contributed by atoms with Crippen LogP contribution in [0, 0.1) is 6.92 Å². The van der Waals surface area contributed by atoms with E-state index in [2.05, 4.69) is 35.8 Å². The zero-order chi connectivity index (χ0) is 20.6. The van der Waals surface area contributed by atoms with Crippen LogP contribution in [-0.4, -0.2) is 28.9 Å². The summed E-state index contributed by atoms with van der Waals surface area (Å²) in [5.74, 6) is -0.414. The lowest BCUT2D eigenvalue weighted by molar-refractivity contribution is -0.136. The maximum Gasteiger partial charge on any atom is 0.371 e. The number of carbonyl (C=O) groups is 1. The molecule has 0 atom stereocenters. The number of aromatic nitrogens is 1. The van der Waals surface area contributed by atoms with E-state index in [1.807, 2.05) is 42.5 Å². The molecule has 0 spiro atoms. The Kier molecular flexibility index (Phi) is 6.74. The highest BCUT2D eigenvalue weighted by molar-refractivity contribution is 5.89. The molecule has 0 unspecified atom stereocenters. The fourth-order valence-electron chi connectivity index (χ4n) is 3.11. The molecule has 29 heavy (non-hydrogen) atoms. The number of hydrogen-bond donors (Lipinski definition) is 1. The highest BCUT2D eigenvalue weighted by atomic mass is 16.5. The Morgan fingerprint density at radius 1 is 1.03 bits per heavy atom. The van der Waals surface area contributed by atoms with Crippen molar-refractivity contribution in [3.05, 3.63) is 83.7 Å². The molecule has 3 rings (SSSR count). The van der Waals surface area contributed by atoms with Crippen LogP contribution < -0.4 is 4.74 Å². The molecule has 1 N–H and O–H groups in total. The van der Waals surface area contributed by atoms with Crippen molar-refractivity contribution >= 4 is 12.0 Å². The molecule has 0 amide bonds. The second-order valence-corrected chi connectivity index (χ2v) is 6.54. The summed E-state index contributed by atoms with van der Waals surface area (Å²) < 4.78 is 13.3. The molecule has 0 aliphatic heterocycles. The molecule has 0 aliphatic carbocycles. The topological polar surface area (TPSA) is 60.7 Å². The van der Waals surface area contributed by atoms with Crippen molar-refractivity contribution in [2.75, 3.05) is 13.2 Å². The van der Waals surface area contributed by atoms with Crippen molar-refractivity contribution in [2.24, 2.45) is 0 Å². The first kappa shape index (κ1) is 20.3. The summed E-state index contributed by atoms with van der Waals surface area (Å²) in [6.07, 6.45) is 1.50. The molecule has 0 bridgehead atoms. The highest BCUT2D eigenvalue weighted by Crippen LogP contribution is 2.22. The van der Waals surface area contributed by atoms with E-state index in [4.69, 9.17) is 14.6 Å². The van der Waals surface area contributed by atoms with Gasteiger partial charge in [-0.25, -0.2) is 4.79 Å². The maximum atomic E-state index is 11.2. The van der Waals surface area contributed by atoms with Crippen LogP contribution in [0.3, 0.4) is 0 Å². The Labute approximate surface area is 170 Å². The van der Waals surface area contributed by atoms with Crippen molar-refractivity contribution in [1.82, 2.24) is 4.57 Å². The van der Waals surface area contributed by atoms with Crippen LogP contribution in [0.15, 0.2) is 72.5 Å². The molecule has 150 valence electrons.